The molecule has 0 heterocycles. The number of esters is 1. The van der Waals surface area contributed by atoms with E-state index in [-0.39, 0.29) is 13.0 Å². The molecule has 0 saturated carbocycles. The van der Waals surface area contributed by atoms with Crippen molar-refractivity contribution in [2.75, 3.05) is 20.8 Å². The van der Waals surface area contributed by atoms with Gasteiger partial charge in [-0.15, -0.1) is 0 Å². The van der Waals surface area contributed by atoms with Crippen LogP contribution in [0.15, 0.2) is 48.5 Å². The average molecular weight is 417 g/mol. The lowest BCUT2D eigenvalue weighted by Gasteiger charge is -2.23. The molecule has 0 aromatic heterocycles. The number of ether oxygens (including phenoxy) is 4. The van der Waals surface area contributed by atoms with Crippen LogP contribution in [0, 0.1) is 0 Å². The van der Waals surface area contributed by atoms with Crippen molar-refractivity contribution >= 4 is 12.1 Å². The summed E-state index contributed by atoms with van der Waals surface area (Å²) in [6, 6.07) is 13.4. The molecule has 8 nitrogen and oxygen atoms in total. The fourth-order valence-electron chi connectivity index (χ4n) is 2.81. The summed E-state index contributed by atoms with van der Waals surface area (Å²) in [6.45, 7) is 2.35. The first-order valence-electron chi connectivity index (χ1n) is 9.51. The second-order valence-corrected chi connectivity index (χ2v) is 6.40. The number of aliphatic hydroxyl groups is 1. The molecule has 2 atom stereocenters. The highest BCUT2D eigenvalue weighted by Gasteiger charge is 2.29. The summed E-state index contributed by atoms with van der Waals surface area (Å²) in [5.41, 5.74) is 1.53. The van der Waals surface area contributed by atoms with Gasteiger partial charge in [0.2, 0.25) is 0 Å². The molecule has 2 aromatic carbocycles. The van der Waals surface area contributed by atoms with Crippen LogP contribution >= 0.6 is 0 Å². The SMILES string of the molecule is CCOc1cc(CC(NC(=O)OCc2ccccc2)C(O)C(=O)OC)ccc1OC. The Labute approximate surface area is 175 Å². The number of hydrogen-bond acceptors (Lipinski definition) is 7. The molecule has 2 N–H and O–H groups in total. The monoisotopic (exact) mass is 417 g/mol. The molecule has 0 aliphatic carbocycles. The quantitative estimate of drug-likeness (QED) is 0.573. The highest BCUT2D eigenvalue weighted by Crippen LogP contribution is 2.28. The van der Waals surface area contributed by atoms with Gasteiger partial charge in [-0.05, 0) is 36.6 Å². The van der Waals surface area contributed by atoms with Crippen molar-refractivity contribution in [3.8, 4) is 11.5 Å². The van der Waals surface area contributed by atoms with Gasteiger partial charge in [-0.1, -0.05) is 36.4 Å². The van der Waals surface area contributed by atoms with Crippen LogP contribution in [-0.4, -0.2) is 50.1 Å². The summed E-state index contributed by atoms with van der Waals surface area (Å²) in [4.78, 5) is 24.1. The molecule has 0 saturated heterocycles. The molecule has 0 radical (unpaired) electrons. The lowest BCUT2D eigenvalue weighted by molar-refractivity contribution is -0.151. The zero-order valence-corrected chi connectivity index (χ0v) is 17.3. The van der Waals surface area contributed by atoms with Gasteiger partial charge in [-0.25, -0.2) is 9.59 Å². The Morgan fingerprint density at radius 2 is 1.77 bits per heavy atom. The zero-order chi connectivity index (χ0) is 21.9. The third kappa shape index (κ3) is 6.66. The first-order chi connectivity index (χ1) is 14.5. The molecular weight excluding hydrogens is 390 g/mol. The first kappa shape index (κ1) is 23.0. The predicted molar refractivity (Wildman–Crippen MR) is 109 cm³/mol. The molecule has 0 spiro atoms. The van der Waals surface area contributed by atoms with Crippen LogP contribution in [0.1, 0.15) is 18.1 Å². The maximum Gasteiger partial charge on any atom is 0.407 e. The van der Waals surface area contributed by atoms with Crippen LogP contribution in [-0.2, 0) is 27.3 Å². The summed E-state index contributed by atoms with van der Waals surface area (Å²) in [5.74, 6) is 0.221. The fraction of sp³-hybridized carbons (Fsp3) is 0.364. The molecular formula is C22H27NO7. The molecule has 30 heavy (non-hydrogen) atoms. The van der Waals surface area contributed by atoms with Crippen LogP contribution in [0.3, 0.4) is 0 Å². The molecule has 1 amide bonds. The third-order valence-electron chi connectivity index (χ3n) is 4.32. The van der Waals surface area contributed by atoms with Crippen molar-refractivity contribution in [3.63, 3.8) is 0 Å². The number of carbonyl (C=O) groups is 2. The van der Waals surface area contributed by atoms with Crippen molar-refractivity contribution in [3.05, 3.63) is 59.7 Å². The number of hydrogen-bond donors (Lipinski definition) is 2. The van der Waals surface area contributed by atoms with Gasteiger partial charge in [0, 0.05) is 0 Å². The molecule has 162 valence electrons. The lowest BCUT2D eigenvalue weighted by atomic mass is 10.0. The Morgan fingerprint density at radius 1 is 1.03 bits per heavy atom. The second-order valence-electron chi connectivity index (χ2n) is 6.40. The van der Waals surface area contributed by atoms with E-state index in [0.717, 1.165) is 18.2 Å². The van der Waals surface area contributed by atoms with Crippen molar-refractivity contribution in [2.45, 2.75) is 32.1 Å². The second kappa shape index (κ2) is 11.7. The van der Waals surface area contributed by atoms with Gasteiger partial charge >= 0.3 is 12.1 Å². The fourth-order valence-corrected chi connectivity index (χ4v) is 2.81. The van der Waals surface area contributed by atoms with Crippen LogP contribution < -0.4 is 14.8 Å². The van der Waals surface area contributed by atoms with Gasteiger partial charge in [0.25, 0.3) is 0 Å². The standard InChI is InChI=1S/C22H27NO7/c1-4-29-19-13-16(10-11-18(19)27-2)12-17(20(24)21(25)28-3)23-22(26)30-14-15-8-6-5-7-9-15/h5-11,13,17,20,24H,4,12,14H2,1-3H3,(H,23,26). The van der Waals surface area contributed by atoms with Crippen LogP contribution in [0.2, 0.25) is 0 Å². The van der Waals surface area contributed by atoms with Crippen molar-refractivity contribution in [2.24, 2.45) is 0 Å². The zero-order valence-electron chi connectivity index (χ0n) is 17.3. The molecule has 2 aromatic rings. The Hall–Kier alpha value is -3.26. The Balaban J connectivity index is 2.12. The molecule has 0 bridgehead atoms. The van der Waals surface area contributed by atoms with E-state index >= 15 is 0 Å². The van der Waals surface area contributed by atoms with E-state index in [9.17, 15) is 14.7 Å². The van der Waals surface area contributed by atoms with Crippen LogP contribution in [0.25, 0.3) is 0 Å². The summed E-state index contributed by atoms with van der Waals surface area (Å²) in [5, 5.41) is 12.9. The lowest BCUT2D eigenvalue weighted by Crippen LogP contribution is -2.48. The average Bonchev–Trinajstić information content (AvgIpc) is 2.77. The number of benzene rings is 2. The largest absolute Gasteiger partial charge is 0.493 e. The minimum absolute atomic E-state index is 0.0603. The van der Waals surface area contributed by atoms with Gasteiger partial charge in [0.15, 0.2) is 17.6 Å². The highest BCUT2D eigenvalue weighted by molar-refractivity contribution is 5.77. The minimum Gasteiger partial charge on any atom is -0.493 e. The van der Waals surface area contributed by atoms with Crippen LogP contribution in [0.4, 0.5) is 4.79 Å². The molecule has 0 fully saturated rings. The third-order valence-corrected chi connectivity index (χ3v) is 4.32. The van der Waals surface area contributed by atoms with Gasteiger partial charge in [-0.2, -0.15) is 0 Å². The number of amides is 1. The van der Waals surface area contributed by atoms with Crippen molar-refractivity contribution in [1.82, 2.24) is 5.32 Å². The van der Waals surface area contributed by atoms with E-state index in [2.05, 4.69) is 10.1 Å². The first-order valence-corrected chi connectivity index (χ1v) is 9.51. The number of rotatable bonds is 10. The number of alkyl carbamates (subject to hydrolysis) is 1. The number of nitrogens with one attached hydrogen (secondary N) is 1. The maximum atomic E-state index is 12.3. The normalized spacial score (nSPS) is 12.4. The van der Waals surface area contributed by atoms with Crippen LogP contribution in [0.5, 0.6) is 11.5 Å². The van der Waals surface area contributed by atoms with Gasteiger partial charge in [0.05, 0.1) is 26.9 Å². The number of aliphatic hydroxyl groups excluding tert-OH is 1. The Morgan fingerprint density at radius 3 is 2.40 bits per heavy atom. The number of carbonyl (C=O) groups excluding carboxylic acids is 2. The minimum atomic E-state index is -1.57. The highest BCUT2D eigenvalue weighted by atomic mass is 16.6. The van der Waals surface area contributed by atoms with Gasteiger partial charge in [0.1, 0.15) is 6.61 Å². The number of methoxy groups -OCH3 is 2. The van der Waals surface area contributed by atoms with Crippen molar-refractivity contribution < 1.29 is 33.6 Å². The van der Waals surface area contributed by atoms with E-state index < -0.39 is 24.2 Å². The summed E-state index contributed by atoms with van der Waals surface area (Å²) >= 11 is 0. The Bertz CT molecular complexity index is 825. The van der Waals surface area contributed by atoms with Crippen molar-refractivity contribution in [1.29, 1.82) is 0 Å². The maximum absolute atomic E-state index is 12.3. The van der Waals surface area contributed by atoms with E-state index in [0.29, 0.717) is 18.1 Å². The van der Waals surface area contributed by atoms with E-state index in [4.69, 9.17) is 14.2 Å². The summed E-state index contributed by atoms with van der Waals surface area (Å²) in [6.07, 6.45) is -2.19. The van der Waals surface area contributed by atoms with Gasteiger partial charge in [-0.3, -0.25) is 0 Å². The van der Waals surface area contributed by atoms with E-state index in [1.807, 2.05) is 37.3 Å². The molecule has 2 rings (SSSR count). The molecule has 0 aliphatic rings. The predicted octanol–water partition coefficient (Wildman–Crippen LogP) is 2.47. The van der Waals surface area contributed by atoms with E-state index in [1.54, 1.807) is 18.2 Å². The summed E-state index contributed by atoms with van der Waals surface area (Å²) in [7, 11) is 2.70. The molecule has 0 aliphatic heterocycles. The Kier molecular flexibility index (Phi) is 8.96. The van der Waals surface area contributed by atoms with Gasteiger partial charge < -0.3 is 29.4 Å². The topological polar surface area (TPSA) is 103 Å². The molecule has 8 heteroatoms. The van der Waals surface area contributed by atoms with E-state index in [1.165, 1.54) is 7.11 Å². The smallest absolute Gasteiger partial charge is 0.407 e. The molecule has 2 unspecified atom stereocenters. The summed E-state index contributed by atoms with van der Waals surface area (Å²) < 4.78 is 20.6.